The minimum atomic E-state index is 0.666. The molecule has 12 heteroatoms. The Labute approximate surface area is 777 Å². The van der Waals surface area contributed by atoms with Gasteiger partial charge < -0.3 is 13.7 Å². The fourth-order valence-electron chi connectivity index (χ4n) is 21.8. The molecule has 0 aliphatic heterocycles. The highest BCUT2D eigenvalue weighted by molar-refractivity contribution is 6.25. The highest BCUT2D eigenvalue weighted by atomic mass is 15.2. The first-order valence-corrected chi connectivity index (χ1v) is 46.1. The molecule has 0 spiro atoms. The van der Waals surface area contributed by atoms with E-state index in [2.05, 4.69) is 446 Å². The van der Waals surface area contributed by atoms with Crippen LogP contribution in [0.1, 0.15) is 0 Å². The molecule has 632 valence electrons. The molecule has 0 aliphatic rings. The van der Waals surface area contributed by atoms with Crippen LogP contribution in [-0.4, -0.2) is 57.3 Å². The zero-order chi connectivity index (χ0) is 89.2. The number of benzene rings is 21. The lowest BCUT2D eigenvalue weighted by atomic mass is 10.0. The van der Waals surface area contributed by atoms with Crippen molar-refractivity contribution in [3.05, 3.63) is 461 Å². The van der Waals surface area contributed by atoms with Gasteiger partial charge in [-0.05, 0) is 177 Å². The van der Waals surface area contributed by atoms with E-state index in [1.807, 2.05) is 42.6 Å². The molecule has 0 N–H and O–H groups in total. The fourth-order valence-corrected chi connectivity index (χ4v) is 21.8. The maximum atomic E-state index is 5.36. The third-order valence-corrected chi connectivity index (χ3v) is 27.8. The van der Waals surface area contributed by atoms with E-state index in [4.69, 9.17) is 29.9 Å². The van der Waals surface area contributed by atoms with Gasteiger partial charge in [-0.2, -0.15) is 0 Å². The summed E-state index contributed by atoms with van der Waals surface area (Å²) in [5.41, 5.74) is 24.1. The van der Waals surface area contributed by atoms with E-state index in [-0.39, 0.29) is 0 Å². The number of rotatable bonds is 8. The zero-order valence-electron chi connectivity index (χ0n) is 73.2. The van der Waals surface area contributed by atoms with Gasteiger partial charge in [-0.15, -0.1) is 0 Å². The molecule has 0 unspecified atom stereocenters. The number of aromatic nitrogens is 12. The minimum absolute atomic E-state index is 0.666. The van der Waals surface area contributed by atoms with E-state index in [1.165, 1.54) is 141 Å². The Bertz CT molecular complexity index is 10100. The van der Waals surface area contributed by atoms with Gasteiger partial charge in [0.1, 0.15) is 0 Å². The Morgan fingerprint density at radius 3 is 0.824 bits per heavy atom. The van der Waals surface area contributed by atoms with Gasteiger partial charge in [0.15, 0.2) is 0 Å². The average molecular weight is 1730 g/mol. The van der Waals surface area contributed by atoms with Crippen LogP contribution in [0.15, 0.2) is 461 Å². The standard InChI is InChI=1S/C46H28N4.C42H26N4.C36H22N4/c1-2-12-30-27-32(22-21-29(30)11-1)45-37-15-3-7-17-39(37)47-46(48-45)50-42-20-10-6-16-38(42)44-34-25-24-33(28-31(34)23-26-43(44)50)49-40-18-8-4-13-35(40)36-14-5-9-19-41(36)49;1-2-12-27(13-3-1)41-33-16-4-8-18-35(33)43-42(44-41)46-38-21-11-7-17-34(38)40-30-24-23-29(26-28(30)22-25-39(40)46)45-36-19-9-5-14-31(36)32-15-6-10-20-37(32)45;1-5-13-30-24(9-1)22-37-36(38-30)40-33-16-8-4-12-29(33)35-26-19-18-25(21-23(26)17-20-34(35)40)39-31-14-6-2-10-27(31)28-11-3-7-15-32(28)39/h1-28H;1-26H;1-22H. The van der Waals surface area contributed by atoms with Crippen molar-refractivity contribution in [2.75, 3.05) is 0 Å². The first-order chi connectivity index (χ1) is 67.5. The van der Waals surface area contributed by atoms with Crippen LogP contribution in [0.2, 0.25) is 0 Å². The van der Waals surface area contributed by atoms with Crippen LogP contribution in [0.4, 0.5) is 0 Å². The summed E-state index contributed by atoms with van der Waals surface area (Å²) in [5, 5.41) is 27.5. The van der Waals surface area contributed by atoms with Crippen LogP contribution in [-0.2, 0) is 0 Å². The smallest absolute Gasteiger partial charge is 0.235 e. The second-order valence-electron chi connectivity index (χ2n) is 35.2. The molecule has 12 nitrogen and oxygen atoms in total. The Morgan fingerprint density at radius 1 is 0.147 bits per heavy atom. The van der Waals surface area contributed by atoms with Crippen LogP contribution in [0.25, 0.3) is 264 Å². The molecule has 21 aromatic carbocycles. The number of hydrogen-bond acceptors (Lipinski definition) is 6. The van der Waals surface area contributed by atoms with Crippen LogP contribution >= 0.6 is 0 Å². The Kier molecular flexibility index (Phi) is 17.2. The summed E-state index contributed by atoms with van der Waals surface area (Å²) < 4.78 is 13.8. The van der Waals surface area contributed by atoms with Gasteiger partial charge in [-0.1, -0.05) is 322 Å². The summed E-state index contributed by atoms with van der Waals surface area (Å²) in [6, 6.07) is 162. The van der Waals surface area contributed by atoms with Gasteiger partial charge in [0.25, 0.3) is 0 Å². The van der Waals surface area contributed by atoms with Gasteiger partial charge in [0, 0.05) is 115 Å². The van der Waals surface area contributed by atoms with Crippen LogP contribution in [0.5, 0.6) is 0 Å². The van der Waals surface area contributed by atoms with Crippen LogP contribution < -0.4 is 0 Å². The van der Waals surface area contributed by atoms with E-state index in [1.54, 1.807) is 0 Å². The quantitative estimate of drug-likeness (QED) is 0.150. The highest BCUT2D eigenvalue weighted by Crippen LogP contribution is 2.46. The molecule has 0 radical (unpaired) electrons. The summed E-state index contributed by atoms with van der Waals surface area (Å²) in [4.78, 5) is 30.7. The van der Waals surface area contributed by atoms with E-state index >= 15 is 0 Å². The molecule has 30 aromatic rings. The molecule has 9 aromatic heterocycles. The van der Waals surface area contributed by atoms with Gasteiger partial charge in [-0.25, -0.2) is 29.9 Å². The minimum Gasteiger partial charge on any atom is -0.309 e. The number of nitrogens with zero attached hydrogens (tertiary/aromatic N) is 12. The lowest BCUT2D eigenvalue weighted by molar-refractivity contribution is 1.01. The predicted molar refractivity (Wildman–Crippen MR) is 566 cm³/mol. The lowest BCUT2D eigenvalue weighted by Crippen LogP contribution is -2.03. The predicted octanol–water partition coefficient (Wildman–Crippen LogP) is 31.4. The first-order valence-electron chi connectivity index (χ1n) is 46.1. The van der Waals surface area contributed by atoms with Crippen molar-refractivity contribution < 1.29 is 0 Å². The van der Waals surface area contributed by atoms with Gasteiger partial charge in [-0.3, -0.25) is 13.7 Å². The van der Waals surface area contributed by atoms with E-state index in [9.17, 15) is 0 Å². The third kappa shape index (κ3) is 11.9. The Hall–Kier alpha value is -18.5. The molecule has 0 saturated heterocycles. The van der Waals surface area contributed by atoms with Crippen molar-refractivity contribution in [2.45, 2.75) is 0 Å². The van der Waals surface area contributed by atoms with E-state index in [0.29, 0.717) is 17.8 Å². The maximum Gasteiger partial charge on any atom is 0.235 e. The molecule has 30 rings (SSSR count). The molecule has 136 heavy (non-hydrogen) atoms. The van der Waals surface area contributed by atoms with E-state index < -0.39 is 0 Å². The van der Waals surface area contributed by atoms with Crippen molar-refractivity contribution in [3.63, 3.8) is 0 Å². The zero-order valence-corrected chi connectivity index (χ0v) is 73.2. The van der Waals surface area contributed by atoms with Crippen molar-refractivity contribution in [1.82, 2.24) is 57.3 Å². The van der Waals surface area contributed by atoms with Gasteiger partial charge >= 0.3 is 0 Å². The van der Waals surface area contributed by atoms with Crippen LogP contribution in [0.3, 0.4) is 0 Å². The molecule has 0 fully saturated rings. The van der Waals surface area contributed by atoms with Crippen molar-refractivity contribution in [1.29, 1.82) is 0 Å². The highest BCUT2D eigenvalue weighted by Gasteiger charge is 2.26. The summed E-state index contributed by atoms with van der Waals surface area (Å²) in [7, 11) is 0. The second-order valence-corrected chi connectivity index (χ2v) is 35.2. The number of hydrogen-bond donors (Lipinski definition) is 0. The second kappa shape index (κ2) is 30.6. The maximum absolute atomic E-state index is 5.36. The fraction of sp³-hybridized carbons (Fsp3) is 0. The molecule has 0 atom stereocenters. The van der Waals surface area contributed by atoms with Gasteiger partial charge in [0.2, 0.25) is 17.8 Å². The molecule has 0 saturated carbocycles. The van der Waals surface area contributed by atoms with E-state index in [0.717, 1.165) is 105 Å². The van der Waals surface area contributed by atoms with Gasteiger partial charge in [0.05, 0.1) is 94.1 Å². The average Bonchev–Trinajstić information content (AvgIpc) is 1.57. The molecule has 0 aliphatic carbocycles. The third-order valence-electron chi connectivity index (χ3n) is 27.8. The summed E-state index contributed by atoms with van der Waals surface area (Å²) in [6.45, 7) is 0. The topological polar surface area (TPSA) is 107 Å². The first kappa shape index (κ1) is 76.4. The lowest BCUT2D eigenvalue weighted by Gasteiger charge is -2.13. The van der Waals surface area contributed by atoms with Crippen LogP contribution in [0, 0.1) is 0 Å². The summed E-state index contributed by atoms with van der Waals surface area (Å²) >= 11 is 0. The summed E-state index contributed by atoms with van der Waals surface area (Å²) in [6.07, 6.45) is 1.91. The normalized spacial score (nSPS) is 12.0. The van der Waals surface area contributed by atoms with Crippen molar-refractivity contribution in [2.24, 2.45) is 0 Å². The molecule has 9 heterocycles. The van der Waals surface area contributed by atoms with Crippen molar-refractivity contribution >= 4 is 207 Å². The SMILES string of the molecule is c1ccc(-c2nc(-n3c4ccccc4c4c5ccc(-n6c7ccccc7c7ccccc76)cc5ccc43)nc3ccccc23)cc1.c1ccc2cc(-c3nc(-n4c5ccccc5c5c6ccc(-n7c8ccccc8c8ccccc87)cc6ccc54)nc4ccccc34)ccc2c1.c1ccc2nc(-n3c4ccccc4c4c5ccc(-n6c7ccccc7c7ccccc76)cc5ccc43)ncc2c1. The Balaban J connectivity index is 0.000000102. The Morgan fingerprint density at radius 2 is 0.434 bits per heavy atom. The summed E-state index contributed by atoms with van der Waals surface area (Å²) in [5.74, 6) is 2.02. The molecule has 0 bridgehead atoms. The van der Waals surface area contributed by atoms with Crippen molar-refractivity contribution in [3.8, 4) is 57.4 Å². The largest absolute Gasteiger partial charge is 0.309 e. The molecule has 0 amide bonds. The monoisotopic (exact) mass is 1730 g/mol. The number of fused-ring (bicyclic) bond motifs is 28. The molecular weight excluding hydrogens is 1660 g/mol. The molecular formula is C124H76N12. The number of para-hydroxylation sites is 12.